The standard InChI is InChI=1S/C10H15N5O/c1-7(2)10(11)8-3-12-5-15(8)4-9-13-6-16-14-9/h3,5-7,10H,4,11H2,1-2H3. The Labute approximate surface area is 93.5 Å². The molecule has 0 aliphatic heterocycles. The molecule has 0 saturated carbocycles. The van der Waals surface area contributed by atoms with E-state index in [0.717, 1.165) is 5.69 Å². The fraction of sp³-hybridized carbons (Fsp3) is 0.500. The maximum Gasteiger partial charge on any atom is 0.213 e. The highest BCUT2D eigenvalue weighted by atomic mass is 16.5. The molecule has 6 nitrogen and oxygen atoms in total. The Kier molecular flexibility index (Phi) is 3.00. The molecule has 0 radical (unpaired) electrons. The van der Waals surface area contributed by atoms with Crippen LogP contribution in [-0.4, -0.2) is 19.7 Å². The van der Waals surface area contributed by atoms with Crippen LogP contribution in [0.3, 0.4) is 0 Å². The molecule has 2 rings (SSSR count). The van der Waals surface area contributed by atoms with Gasteiger partial charge in [0.05, 0.1) is 18.6 Å². The van der Waals surface area contributed by atoms with Gasteiger partial charge in [-0.25, -0.2) is 4.98 Å². The van der Waals surface area contributed by atoms with E-state index in [4.69, 9.17) is 5.73 Å². The van der Waals surface area contributed by atoms with Crippen molar-refractivity contribution < 1.29 is 4.52 Å². The maximum absolute atomic E-state index is 6.09. The lowest BCUT2D eigenvalue weighted by atomic mass is 10.0. The molecule has 0 fully saturated rings. The summed E-state index contributed by atoms with van der Waals surface area (Å²) in [7, 11) is 0. The Morgan fingerprint density at radius 3 is 2.94 bits per heavy atom. The second-order valence-electron chi connectivity index (χ2n) is 4.06. The molecule has 2 heterocycles. The molecular formula is C10H15N5O. The van der Waals surface area contributed by atoms with E-state index in [-0.39, 0.29) is 6.04 Å². The number of nitrogens with two attached hydrogens (primary N) is 1. The van der Waals surface area contributed by atoms with Crippen molar-refractivity contribution in [3.05, 3.63) is 30.4 Å². The summed E-state index contributed by atoms with van der Waals surface area (Å²) in [4.78, 5) is 8.07. The van der Waals surface area contributed by atoms with E-state index in [1.807, 2.05) is 4.57 Å². The zero-order chi connectivity index (χ0) is 11.5. The summed E-state index contributed by atoms with van der Waals surface area (Å²) in [5.74, 6) is 0.982. The molecule has 16 heavy (non-hydrogen) atoms. The third kappa shape index (κ3) is 2.11. The predicted octanol–water partition coefficient (Wildman–Crippen LogP) is 0.970. The zero-order valence-electron chi connectivity index (χ0n) is 9.37. The Morgan fingerprint density at radius 2 is 2.31 bits per heavy atom. The normalized spacial score (nSPS) is 13.2. The van der Waals surface area contributed by atoms with Gasteiger partial charge in [-0.1, -0.05) is 19.0 Å². The van der Waals surface area contributed by atoms with E-state index in [9.17, 15) is 0 Å². The van der Waals surface area contributed by atoms with Gasteiger partial charge in [0.2, 0.25) is 6.39 Å². The highest BCUT2D eigenvalue weighted by Crippen LogP contribution is 2.18. The van der Waals surface area contributed by atoms with E-state index in [0.29, 0.717) is 18.3 Å². The van der Waals surface area contributed by atoms with E-state index < -0.39 is 0 Å². The minimum atomic E-state index is -0.0330. The van der Waals surface area contributed by atoms with Crippen LogP contribution in [0.4, 0.5) is 0 Å². The van der Waals surface area contributed by atoms with Crippen molar-refractivity contribution in [1.82, 2.24) is 19.7 Å². The average molecular weight is 221 g/mol. The Morgan fingerprint density at radius 1 is 1.50 bits per heavy atom. The lowest BCUT2D eigenvalue weighted by Crippen LogP contribution is -2.20. The second-order valence-corrected chi connectivity index (χ2v) is 4.06. The maximum atomic E-state index is 6.09. The SMILES string of the molecule is CC(C)C(N)c1cncn1Cc1ncon1. The molecule has 6 heteroatoms. The number of hydrogen-bond acceptors (Lipinski definition) is 5. The van der Waals surface area contributed by atoms with Crippen LogP contribution in [0, 0.1) is 5.92 Å². The number of hydrogen-bond donors (Lipinski definition) is 1. The van der Waals surface area contributed by atoms with Gasteiger partial charge in [-0.15, -0.1) is 0 Å². The summed E-state index contributed by atoms with van der Waals surface area (Å²) >= 11 is 0. The van der Waals surface area contributed by atoms with E-state index >= 15 is 0 Å². The lowest BCUT2D eigenvalue weighted by molar-refractivity contribution is 0.406. The minimum absolute atomic E-state index is 0.0330. The Balaban J connectivity index is 2.19. The van der Waals surface area contributed by atoms with E-state index in [1.165, 1.54) is 6.39 Å². The van der Waals surface area contributed by atoms with Crippen LogP contribution >= 0.6 is 0 Å². The molecule has 0 aromatic carbocycles. The third-order valence-corrected chi connectivity index (χ3v) is 2.52. The van der Waals surface area contributed by atoms with Crippen molar-refractivity contribution >= 4 is 0 Å². The highest BCUT2D eigenvalue weighted by Gasteiger charge is 2.15. The van der Waals surface area contributed by atoms with Crippen molar-refractivity contribution in [2.45, 2.75) is 26.4 Å². The largest absolute Gasteiger partial charge is 0.343 e. The molecule has 0 bridgehead atoms. The molecule has 1 unspecified atom stereocenters. The quantitative estimate of drug-likeness (QED) is 0.831. The fourth-order valence-electron chi connectivity index (χ4n) is 1.50. The van der Waals surface area contributed by atoms with E-state index in [2.05, 4.69) is 33.5 Å². The molecule has 0 spiro atoms. The number of rotatable bonds is 4. The zero-order valence-corrected chi connectivity index (χ0v) is 9.37. The van der Waals surface area contributed by atoms with Crippen LogP contribution < -0.4 is 5.73 Å². The second kappa shape index (κ2) is 4.44. The van der Waals surface area contributed by atoms with Crippen molar-refractivity contribution in [3.63, 3.8) is 0 Å². The average Bonchev–Trinajstić information content (AvgIpc) is 2.88. The van der Waals surface area contributed by atoms with Crippen LogP contribution in [0.2, 0.25) is 0 Å². The summed E-state index contributed by atoms with van der Waals surface area (Å²) in [6, 6.07) is -0.0330. The topological polar surface area (TPSA) is 82.8 Å². The predicted molar refractivity (Wildman–Crippen MR) is 57.4 cm³/mol. The molecule has 2 aromatic heterocycles. The van der Waals surface area contributed by atoms with Crippen LogP contribution in [-0.2, 0) is 6.54 Å². The van der Waals surface area contributed by atoms with Crippen LogP contribution in [0.15, 0.2) is 23.4 Å². The summed E-state index contributed by atoms with van der Waals surface area (Å²) in [5.41, 5.74) is 7.07. The molecular weight excluding hydrogens is 206 g/mol. The van der Waals surface area contributed by atoms with Crippen LogP contribution in [0.25, 0.3) is 0 Å². The minimum Gasteiger partial charge on any atom is -0.343 e. The van der Waals surface area contributed by atoms with Gasteiger partial charge in [-0.05, 0) is 5.92 Å². The number of nitrogens with zero attached hydrogens (tertiary/aromatic N) is 4. The Bertz CT molecular complexity index is 434. The van der Waals surface area contributed by atoms with E-state index in [1.54, 1.807) is 12.5 Å². The molecule has 2 N–H and O–H groups in total. The molecule has 0 saturated heterocycles. The first-order valence-corrected chi connectivity index (χ1v) is 5.19. The van der Waals surface area contributed by atoms with Crippen molar-refractivity contribution in [3.8, 4) is 0 Å². The van der Waals surface area contributed by atoms with Crippen molar-refractivity contribution in [1.29, 1.82) is 0 Å². The first-order chi connectivity index (χ1) is 7.68. The first-order valence-electron chi connectivity index (χ1n) is 5.19. The van der Waals surface area contributed by atoms with Gasteiger partial charge in [0, 0.05) is 12.2 Å². The molecule has 2 aromatic rings. The van der Waals surface area contributed by atoms with Gasteiger partial charge < -0.3 is 14.8 Å². The number of imidazole rings is 1. The van der Waals surface area contributed by atoms with Gasteiger partial charge in [0.15, 0.2) is 5.82 Å². The number of aromatic nitrogens is 4. The molecule has 0 amide bonds. The first kappa shape index (κ1) is 10.8. The van der Waals surface area contributed by atoms with Crippen LogP contribution in [0.5, 0.6) is 0 Å². The summed E-state index contributed by atoms with van der Waals surface area (Å²) in [5, 5.41) is 3.76. The Hall–Kier alpha value is -1.69. The van der Waals surface area contributed by atoms with Crippen molar-refractivity contribution in [2.75, 3.05) is 0 Å². The third-order valence-electron chi connectivity index (χ3n) is 2.52. The molecule has 86 valence electrons. The van der Waals surface area contributed by atoms with Crippen molar-refractivity contribution in [2.24, 2.45) is 11.7 Å². The van der Waals surface area contributed by atoms with Gasteiger partial charge >= 0.3 is 0 Å². The molecule has 0 aliphatic rings. The highest BCUT2D eigenvalue weighted by molar-refractivity contribution is 5.06. The summed E-state index contributed by atoms with van der Waals surface area (Å²) in [6.07, 6.45) is 4.83. The monoisotopic (exact) mass is 221 g/mol. The lowest BCUT2D eigenvalue weighted by Gasteiger charge is -2.16. The van der Waals surface area contributed by atoms with Gasteiger partial charge in [-0.2, -0.15) is 4.98 Å². The van der Waals surface area contributed by atoms with Gasteiger partial charge in [0.25, 0.3) is 0 Å². The molecule has 1 atom stereocenters. The molecule has 0 aliphatic carbocycles. The smallest absolute Gasteiger partial charge is 0.213 e. The summed E-state index contributed by atoms with van der Waals surface area (Å²) < 4.78 is 6.62. The van der Waals surface area contributed by atoms with Gasteiger partial charge in [-0.3, -0.25) is 0 Å². The summed E-state index contributed by atoms with van der Waals surface area (Å²) in [6.45, 7) is 4.69. The van der Waals surface area contributed by atoms with Gasteiger partial charge in [0.1, 0.15) is 0 Å². The fourth-order valence-corrected chi connectivity index (χ4v) is 1.50. The van der Waals surface area contributed by atoms with Crippen LogP contribution in [0.1, 0.15) is 31.4 Å².